The van der Waals surface area contributed by atoms with Gasteiger partial charge in [0.25, 0.3) is 0 Å². The summed E-state index contributed by atoms with van der Waals surface area (Å²) in [7, 11) is 0. The van der Waals surface area contributed by atoms with Crippen LogP contribution in [0.1, 0.15) is 53.1 Å². The Hall–Kier alpha value is -4.38. The lowest BCUT2D eigenvalue weighted by molar-refractivity contribution is 0.421. The van der Waals surface area contributed by atoms with Crippen LogP contribution in [-0.2, 0) is 0 Å². The Kier molecular flexibility index (Phi) is 5.37. The van der Waals surface area contributed by atoms with Crippen molar-refractivity contribution in [3.05, 3.63) is 94.7 Å². The Bertz CT molecular complexity index is 1930. The largest absolute Gasteiger partial charge is 0.505 e. The first-order valence-electron chi connectivity index (χ1n) is 13.7. The van der Waals surface area contributed by atoms with Gasteiger partial charge in [0.05, 0.1) is 11.0 Å². The van der Waals surface area contributed by atoms with Gasteiger partial charge in [-0.3, -0.25) is 4.57 Å². The molecule has 0 aliphatic heterocycles. The Morgan fingerprint density at radius 2 is 1.62 bits per heavy atom. The molecule has 0 saturated heterocycles. The van der Waals surface area contributed by atoms with Gasteiger partial charge in [-0.05, 0) is 93.0 Å². The van der Waals surface area contributed by atoms with Crippen molar-refractivity contribution in [2.45, 2.75) is 52.9 Å². The summed E-state index contributed by atoms with van der Waals surface area (Å²) >= 11 is 0. The van der Waals surface area contributed by atoms with Crippen molar-refractivity contribution >= 4 is 32.7 Å². The summed E-state index contributed by atoms with van der Waals surface area (Å²) in [5, 5.41) is 14.1. The van der Waals surface area contributed by atoms with E-state index in [1.165, 1.54) is 46.7 Å². The quantitative estimate of drug-likeness (QED) is 0.256. The number of aromatic hydroxyl groups is 1. The maximum atomic E-state index is 10.7. The van der Waals surface area contributed by atoms with E-state index in [4.69, 9.17) is 9.72 Å². The number of nitrogens with zero attached hydrogens (tertiary/aromatic N) is 3. The van der Waals surface area contributed by atoms with Crippen LogP contribution >= 0.6 is 0 Å². The second-order valence-electron chi connectivity index (χ2n) is 11.0. The third kappa shape index (κ3) is 3.75. The molecule has 1 fully saturated rings. The van der Waals surface area contributed by atoms with E-state index < -0.39 is 0 Å². The van der Waals surface area contributed by atoms with E-state index in [9.17, 15) is 5.11 Å². The van der Waals surface area contributed by atoms with Crippen molar-refractivity contribution in [2.75, 3.05) is 0 Å². The molecule has 1 aliphatic rings. The number of aryl methyl sites for hydroxylation is 4. The molecule has 6 aromatic rings. The molecule has 3 aromatic carbocycles. The normalized spacial score (nSPS) is 13.8. The van der Waals surface area contributed by atoms with E-state index in [1.807, 2.05) is 51.1 Å². The monoisotopic (exact) mass is 513 g/mol. The fourth-order valence-electron chi connectivity index (χ4n) is 6.01. The van der Waals surface area contributed by atoms with Crippen LogP contribution < -0.4 is 4.74 Å². The van der Waals surface area contributed by atoms with E-state index in [-0.39, 0.29) is 5.75 Å². The van der Waals surface area contributed by atoms with Gasteiger partial charge in [0.15, 0.2) is 0 Å². The second kappa shape index (κ2) is 8.84. The van der Waals surface area contributed by atoms with Gasteiger partial charge in [0.1, 0.15) is 22.8 Å². The maximum absolute atomic E-state index is 10.7. The summed E-state index contributed by atoms with van der Waals surface area (Å²) in [5.41, 5.74) is 8.32. The van der Waals surface area contributed by atoms with Crippen LogP contribution in [0.3, 0.4) is 0 Å². The molecule has 3 heterocycles. The van der Waals surface area contributed by atoms with E-state index >= 15 is 0 Å². The van der Waals surface area contributed by atoms with Crippen molar-refractivity contribution in [1.82, 2.24) is 14.5 Å². The van der Waals surface area contributed by atoms with Crippen molar-refractivity contribution in [1.29, 1.82) is 0 Å². The van der Waals surface area contributed by atoms with E-state index in [0.29, 0.717) is 23.1 Å². The minimum atomic E-state index is 0.196. The lowest BCUT2D eigenvalue weighted by atomic mass is 9.79. The predicted molar refractivity (Wildman–Crippen MR) is 158 cm³/mol. The Morgan fingerprint density at radius 1 is 0.821 bits per heavy atom. The number of fused-ring (bicyclic) bond motifs is 4. The van der Waals surface area contributed by atoms with Crippen LogP contribution in [0.2, 0.25) is 0 Å². The fourth-order valence-corrected chi connectivity index (χ4v) is 6.01. The van der Waals surface area contributed by atoms with Crippen molar-refractivity contribution in [3.63, 3.8) is 0 Å². The molecule has 1 saturated carbocycles. The van der Waals surface area contributed by atoms with E-state index in [0.717, 1.165) is 33.5 Å². The number of rotatable bonds is 4. The average molecular weight is 514 g/mol. The SMILES string of the molecule is Cc1cccc(-n2c3cc(Oc4cc(C)c5ccc(C)c(O)c5n4)ccc3c3c(C)ccc(C4CCC4)c32)n1. The molecule has 0 bridgehead atoms. The molecular weight excluding hydrogens is 482 g/mol. The van der Waals surface area contributed by atoms with E-state index in [1.54, 1.807) is 0 Å². The first kappa shape index (κ1) is 23.7. The molecular formula is C34H31N3O2. The number of hydrogen-bond donors (Lipinski definition) is 1. The summed E-state index contributed by atoms with van der Waals surface area (Å²) in [6.45, 7) is 8.13. The van der Waals surface area contributed by atoms with Gasteiger partial charge in [-0.25, -0.2) is 9.97 Å². The third-order valence-electron chi connectivity index (χ3n) is 8.33. The number of ether oxygens (including phenoxy) is 1. The maximum Gasteiger partial charge on any atom is 0.220 e. The number of aromatic nitrogens is 3. The number of hydrogen-bond acceptors (Lipinski definition) is 4. The van der Waals surface area contributed by atoms with Gasteiger partial charge < -0.3 is 9.84 Å². The summed E-state index contributed by atoms with van der Waals surface area (Å²) in [4.78, 5) is 9.63. The smallest absolute Gasteiger partial charge is 0.220 e. The molecule has 5 heteroatoms. The lowest BCUT2D eigenvalue weighted by Gasteiger charge is -2.27. The molecule has 39 heavy (non-hydrogen) atoms. The Balaban J connectivity index is 1.45. The average Bonchev–Trinajstić information content (AvgIpc) is 3.22. The molecule has 0 unspecified atom stereocenters. The van der Waals surface area contributed by atoms with Crippen LogP contribution in [0.15, 0.2) is 66.7 Å². The van der Waals surface area contributed by atoms with Gasteiger partial charge in [-0.2, -0.15) is 0 Å². The standard InChI is InChI=1S/C34H31N3O2/c1-19-11-15-26(23-8-6-9-23)33-31(19)27-16-13-24(18-28(27)37(33)29-10-5-7-22(4)35-29)39-30-17-21(3)25-14-12-20(2)34(38)32(25)36-30/h5,7,10-18,23,38H,6,8-9H2,1-4H3. The zero-order valence-electron chi connectivity index (χ0n) is 22.7. The van der Waals surface area contributed by atoms with Crippen LogP contribution in [0.4, 0.5) is 0 Å². The number of phenols is 1. The molecule has 1 aliphatic carbocycles. The highest BCUT2D eigenvalue weighted by molar-refractivity contribution is 6.12. The van der Waals surface area contributed by atoms with Gasteiger partial charge in [0, 0.05) is 34.0 Å². The topological polar surface area (TPSA) is 60.2 Å². The number of pyridine rings is 2. The Morgan fingerprint density at radius 3 is 2.38 bits per heavy atom. The minimum Gasteiger partial charge on any atom is -0.505 e. The molecule has 5 nitrogen and oxygen atoms in total. The van der Waals surface area contributed by atoms with E-state index in [2.05, 4.69) is 52.9 Å². The molecule has 3 aromatic heterocycles. The zero-order valence-corrected chi connectivity index (χ0v) is 22.7. The van der Waals surface area contributed by atoms with Crippen LogP contribution in [0.5, 0.6) is 17.4 Å². The molecule has 0 atom stereocenters. The lowest BCUT2D eigenvalue weighted by Crippen LogP contribution is -2.11. The van der Waals surface area contributed by atoms with Crippen molar-refractivity contribution in [3.8, 4) is 23.2 Å². The van der Waals surface area contributed by atoms with Gasteiger partial charge >= 0.3 is 0 Å². The van der Waals surface area contributed by atoms with Gasteiger partial charge in [-0.1, -0.05) is 36.8 Å². The highest BCUT2D eigenvalue weighted by atomic mass is 16.5. The molecule has 1 N–H and O–H groups in total. The summed E-state index contributed by atoms with van der Waals surface area (Å²) in [6.07, 6.45) is 3.75. The van der Waals surface area contributed by atoms with Gasteiger partial charge in [0.2, 0.25) is 5.88 Å². The first-order chi connectivity index (χ1) is 18.9. The van der Waals surface area contributed by atoms with Crippen LogP contribution in [-0.4, -0.2) is 19.6 Å². The summed E-state index contributed by atoms with van der Waals surface area (Å²) < 4.78 is 8.68. The summed E-state index contributed by atoms with van der Waals surface area (Å²) in [6, 6.07) is 22.9. The van der Waals surface area contributed by atoms with Crippen LogP contribution in [0.25, 0.3) is 38.5 Å². The molecule has 7 rings (SSSR count). The second-order valence-corrected chi connectivity index (χ2v) is 11.0. The summed E-state index contributed by atoms with van der Waals surface area (Å²) in [5.74, 6) is 2.85. The number of phenolic OH excluding ortho intramolecular Hbond substituents is 1. The minimum absolute atomic E-state index is 0.196. The van der Waals surface area contributed by atoms with Crippen molar-refractivity contribution in [2.24, 2.45) is 0 Å². The third-order valence-corrected chi connectivity index (χ3v) is 8.33. The predicted octanol–water partition coefficient (Wildman–Crippen LogP) is 8.73. The highest BCUT2D eigenvalue weighted by Gasteiger charge is 2.26. The first-order valence-corrected chi connectivity index (χ1v) is 13.7. The fraction of sp³-hybridized carbons (Fsp3) is 0.235. The zero-order chi connectivity index (χ0) is 26.8. The molecule has 0 spiro atoms. The van der Waals surface area contributed by atoms with Crippen molar-refractivity contribution < 1.29 is 9.84 Å². The Labute approximate surface area is 227 Å². The molecule has 0 amide bonds. The van der Waals surface area contributed by atoms with Gasteiger partial charge in [-0.15, -0.1) is 0 Å². The number of benzene rings is 3. The molecule has 194 valence electrons. The van der Waals surface area contributed by atoms with Crippen LogP contribution in [0, 0.1) is 27.7 Å². The highest BCUT2D eigenvalue weighted by Crippen LogP contribution is 2.45. The molecule has 0 radical (unpaired) electrons.